The van der Waals surface area contributed by atoms with Crippen LogP contribution in [-0.2, 0) is 0 Å². The quantitative estimate of drug-likeness (QED) is 0.289. The molecule has 6 rings (SSSR count). The second-order valence-corrected chi connectivity index (χ2v) is 7.52. The fourth-order valence-corrected chi connectivity index (χ4v) is 3.59. The molecule has 0 fully saturated rings. The summed E-state index contributed by atoms with van der Waals surface area (Å²) >= 11 is 0. The maximum absolute atomic E-state index is 5.12. The summed E-state index contributed by atoms with van der Waals surface area (Å²) < 4.78 is 5.12. The molecule has 0 unspecified atom stereocenters. The zero-order valence-electron chi connectivity index (χ0n) is 18.0. The molecule has 0 atom stereocenters. The van der Waals surface area contributed by atoms with Crippen LogP contribution in [0.5, 0.6) is 0 Å². The molecule has 0 aliphatic carbocycles. The van der Waals surface area contributed by atoms with E-state index in [0.29, 0.717) is 0 Å². The van der Waals surface area contributed by atoms with Crippen molar-refractivity contribution >= 4 is 34.0 Å². The summed E-state index contributed by atoms with van der Waals surface area (Å²) in [5, 5.41) is 2.22. The van der Waals surface area contributed by atoms with Crippen LogP contribution in [-0.4, -0.2) is 9.97 Å². The second-order valence-electron chi connectivity index (χ2n) is 7.52. The highest BCUT2D eigenvalue weighted by molar-refractivity contribution is 5.90. The molecule has 3 nitrogen and oxygen atoms in total. The van der Waals surface area contributed by atoms with E-state index in [-0.39, 0.29) is 0 Å². The second kappa shape index (κ2) is 9.75. The summed E-state index contributed by atoms with van der Waals surface area (Å²) in [4.78, 5) is 9.50. The Balaban J connectivity index is 0.000000211. The van der Waals surface area contributed by atoms with Crippen LogP contribution in [0, 0.1) is 0 Å². The lowest BCUT2D eigenvalue weighted by Crippen LogP contribution is -1.94. The van der Waals surface area contributed by atoms with Crippen molar-refractivity contribution < 1.29 is 4.42 Å². The number of para-hydroxylation sites is 2. The third kappa shape index (κ3) is 4.89. The van der Waals surface area contributed by atoms with Gasteiger partial charge in [-0.25, -0.2) is 9.97 Å². The SMILES string of the molecule is C(=Cc1nc(-c2ccccc2)nc2ccccc12)c1ccccc1.c1ccc2occc2c1. The van der Waals surface area contributed by atoms with Gasteiger partial charge >= 0.3 is 0 Å². The topological polar surface area (TPSA) is 38.9 Å². The summed E-state index contributed by atoms with van der Waals surface area (Å²) in [6, 6.07) is 38.4. The fraction of sp³-hybridized carbons (Fsp3) is 0. The average Bonchev–Trinajstić information content (AvgIpc) is 3.38. The number of fused-ring (bicyclic) bond motifs is 2. The number of hydrogen-bond donors (Lipinski definition) is 0. The van der Waals surface area contributed by atoms with Crippen LogP contribution in [0.4, 0.5) is 0 Å². The lowest BCUT2D eigenvalue weighted by Gasteiger charge is -2.06. The first-order valence-corrected chi connectivity index (χ1v) is 10.8. The zero-order chi connectivity index (χ0) is 22.3. The molecule has 0 N–H and O–H groups in total. The Morgan fingerprint density at radius 3 is 2.09 bits per heavy atom. The number of nitrogens with zero attached hydrogens (tertiary/aromatic N) is 2. The fourth-order valence-electron chi connectivity index (χ4n) is 3.59. The van der Waals surface area contributed by atoms with Gasteiger partial charge in [-0.15, -0.1) is 0 Å². The Labute approximate surface area is 192 Å². The summed E-state index contributed by atoms with van der Waals surface area (Å²) in [7, 11) is 0. The van der Waals surface area contributed by atoms with Crippen LogP contribution in [0.15, 0.2) is 126 Å². The van der Waals surface area contributed by atoms with Gasteiger partial charge in [0.2, 0.25) is 0 Å². The molecule has 0 amide bonds. The smallest absolute Gasteiger partial charge is 0.160 e. The molecule has 33 heavy (non-hydrogen) atoms. The molecule has 158 valence electrons. The molecular formula is C30H22N2O. The van der Waals surface area contributed by atoms with Crippen molar-refractivity contribution in [2.24, 2.45) is 0 Å². The molecule has 3 heteroatoms. The number of furan rings is 1. The first-order valence-electron chi connectivity index (χ1n) is 10.8. The zero-order valence-corrected chi connectivity index (χ0v) is 18.0. The molecule has 0 bridgehead atoms. The number of hydrogen-bond acceptors (Lipinski definition) is 3. The third-order valence-electron chi connectivity index (χ3n) is 5.26. The summed E-state index contributed by atoms with van der Waals surface area (Å²) in [6.45, 7) is 0. The van der Waals surface area contributed by atoms with Crippen molar-refractivity contribution in [3.05, 3.63) is 133 Å². The number of benzene rings is 4. The van der Waals surface area contributed by atoms with Crippen LogP contribution >= 0.6 is 0 Å². The minimum absolute atomic E-state index is 0.752. The van der Waals surface area contributed by atoms with Gasteiger partial charge in [0.15, 0.2) is 5.82 Å². The van der Waals surface area contributed by atoms with Gasteiger partial charge in [-0.3, -0.25) is 0 Å². The maximum atomic E-state index is 5.12. The maximum Gasteiger partial charge on any atom is 0.160 e. The van der Waals surface area contributed by atoms with Gasteiger partial charge in [-0.1, -0.05) is 103 Å². The minimum Gasteiger partial charge on any atom is -0.464 e. The summed E-state index contributed by atoms with van der Waals surface area (Å²) in [5.41, 5.74) is 5.03. The molecular weight excluding hydrogens is 404 g/mol. The Morgan fingerprint density at radius 1 is 0.576 bits per heavy atom. The highest BCUT2D eigenvalue weighted by atomic mass is 16.3. The van der Waals surface area contributed by atoms with E-state index in [1.165, 1.54) is 0 Å². The molecule has 6 aromatic rings. The van der Waals surface area contributed by atoms with Gasteiger partial charge in [-0.05, 0) is 29.8 Å². The van der Waals surface area contributed by atoms with Crippen LogP contribution in [0.3, 0.4) is 0 Å². The average molecular weight is 427 g/mol. The van der Waals surface area contributed by atoms with Crippen LogP contribution < -0.4 is 0 Å². The van der Waals surface area contributed by atoms with Crippen LogP contribution in [0.2, 0.25) is 0 Å². The number of rotatable bonds is 3. The van der Waals surface area contributed by atoms with Crippen molar-refractivity contribution in [1.82, 2.24) is 9.97 Å². The third-order valence-corrected chi connectivity index (χ3v) is 5.26. The van der Waals surface area contributed by atoms with Gasteiger partial charge < -0.3 is 4.42 Å². The molecule has 0 spiro atoms. The van der Waals surface area contributed by atoms with Crippen molar-refractivity contribution in [1.29, 1.82) is 0 Å². The first kappa shape index (κ1) is 20.4. The molecule has 0 aliphatic rings. The molecule has 2 aromatic heterocycles. The van der Waals surface area contributed by atoms with Crippen LogP contribution in [0.1, 0.15) is 11.3 Å². The van der Waals surface area contributed by atoms with E-state index in [9.17, 15) is 0 Å². The lowest BCUT2D eigenvalue weighted by atomic mass is 10.1. The molecule has 4 aromatic carbocycles. The molecule has 0 saturated heterocycles. The van der Waals surface area contributed by atoms with Gasteiger partial charge in [0.25, 0.3) is 0 Å². The van der Waals surface area contributed by atoms with Crippen molar-refractivity contribution in [3.63, 3.8) is 0 Å². The minimum atomic E-state index is 0.752. The normalized spacial score (nSPS) is 10.9. The van der Waals surface area contributed by atoms with Gasteiger partial charge in [-0.2, -0.15) is 0 Å². The monoisotopic (exact) mass is 426 g/mol. The van der Waals surface area contributed by atoms with Crippen molar-refractivity contribution in [3.8, 4) is 11.4 Å². The van der Waals surface area contributed by atoms with Crippen molar-refractivity contribution in [2.45, 2.75) is 0 Å². The van der Waals surface area contributed by atoms with E-state index in [1.54, 1.807) is 6.26 Å². The van der Waals surface area contributed by atoms with Gasteiger partial charge in [0.1, 0.15) is 5.58 Å². The Morgan fingerprint density at radius 2 is 1.27 bits per heavy atom. The Hall–Kier alpha value is -4.50. The lowest BCUT2D eigenvalue weighted by molar-refractivity contribution is 0.616. The standard InChI is InChI=1S/C22H16N2.C8H6O/c1-3-9-17(10-4-1)15-16-21-19-13-7-8-14-20(19)23-22(24-21)18-11-5-2-6-12-18;1-2-4-8-7(3-1)5-6-9-8/h1-16H;1-6H. The predicted molar refractivity (Wildman–Crippen MR) is 137 cm³/mol. The highest BCUT2D eigenvalue weighted by Crippen LogP contribution is 2.23. The largest absolute Gasteiger partial charge is 0.464 e. The van der Waals surface area contributed by atoms with Gasteiger partial charge in [0, 0.05) is 16.3 Å². The van der Waals surface area contributed by atoms with E-state index >= 15 is 0 Å². The summed E-state index contributed by atoms with van der Waals surface area (Å²) in [5.74, 6) is 0.752. The molecule has 2 heterocycles. The highest BCUT2D eigenvalue weighted by Gasteiger charge is 2.07. The predicted octanol–water partition coefficient (Wildman–Crippen LogP) is 7.90. The Bertz CT molecular complexity index is 1470. The van der Waals surface area contributed by atoms with E-state index in [2.05, 4.69) is 30.4 Å². The van der Waals surface area contributed by atoms with E-state index in [0.717, 1.165) is 44.5 Å². The molecule has 0 radical (unpaired) electrons. The first-order chi connectivity index (χ1) is 16.4. The van der Waals surface area contributed by atoms with E-state index in [1.807, 2.05) is 97.1 Å². The van der Waals surface area contributed by atoms with E-state index in [4.69, 9.17) is 14.4 Å². The summed E-state index contributed by atoms with van der Waals surface area (Å²) in [6.07, 6.45) is 5.85. The molecule has 0 saturated carbocycles. The number of aromatic nitrogens is 2. The Kier molecular flexibility index (Phi) is 6.03. The van der Waals surface area contributed by atoms with Crippen LogP contribution in [0.25, 0.3) is 45.4 Å². The molecule has 0 aliphatic heterocycles. The van der Waals surface area contributed by atoms with Gasteiger partial charge in [0.05, 0.1) is 17.5 Å². The van der Waals surface area contributed by atoms with Crippen molar-refractivity contribution in [2.75, 3.05) is 0 Å². The van der Waals surface area contributed by atoms with E-state index < -0.39 is 0 Å².